The Kier molecular flexibility index (Phi) is 3.62. The number of rotatable bonds is 4. The average Bonchev–Trinajstić information content (AvgIpc) is 2.27. The molecule has 1 aromatic carbocycles. The van der Waals surface area contributed by atoms with Gasteiger partial charge in [0.1, 0.15) is 5.75 Å². The predicted octanol–water partition coefficient (Wildman–Crippen LogP) is 1.67. The van der Waals surface area contributed by atoms with Crippen molar-refractivity contribution >= 4 is 5.69 Å². The molecule has 0 aromatic heterocycles. The minimum Gasteiger partial charge on any atom is -0.496 e. The highest BCUT2D eigenvalue weighted by Crippen LogP contribution is 2.29. The minimum absolute atomic E-state index is 0.0415. The maximum atomic E-state index is 10.6. The van der Waals surface area contributed by atoms with Gasteiger partial charge in [-0.2, -0.15) is 0 Å². The van der Waals surface area contributed by atoms with Gasteiger partial charge in [-0.15, -0.1) is 0 Å². The van der Waals surface area contributed by atoms with Gasteiger partial charge < -0.3 is 10.5 Å². The molecule has 0 radical (unpaired) electrons. The molecule has 0 spiro atoms. The standard InChI is InChI=1S/C10H14N2O3/c1-7(6-11)9-5-8(12(13)14)3-4-10(9)15-2/h3-5,7H,6,11H2,1-2H3. The third kappa shape index (κ3) is 2.44. The molecular weight excluding hydrogens is 196 g/mol. The quantitative estimate of drug-likeness (QED) is 0.605. The summed E-state index contributed by atoms with van der Waals surface area (Å²) in [6.45, 7) is 2.33. The second-order valence-electron chi connectivity index (χ2n) is 3.32. The summed E-state index contributed by atoms with van der Waals surface area (Å²) in [7, 11) is 1.54. The van der Waals surface area contributed by atoms with Gasteiger partial charge >= 0.3 is 0 Å². The van der Waals surface area contributed by atoms with Gasteiger partial charge in [-0.3, -0.25) is 10.1 Å². The molecule has 0 aliphatic heterocycles. The van der Waals surface area contributed by atoms with Gasteiger partial charge in [0.15, 0.2) is 0 Å². The molecule has 1 aromatic rings. The first-order valence-electron chi connectivity index (χ1n) is 4.62. The summed E-state index contributed by atoms with van der Waals surface area (Å²) in [5, 5.41) is 10.6. The molecule has 0 aliphatic carbocycles. The van der Waals surface area contributed by atoms with Crippen molar-refractivity contribution in [3.63, 3.8) is 0 Å². The fraction of sp³-hybridized carbons (Fsp3) is 0.400. The van der Waals surface area contributed by atoms with Crippen LogP contribution in [0.4, 0.5) is 5.69 Å². The number of nitro groups is 1. The molecule has 1 unspecified atom stereocenters. The Bertz CT molecular complexity index is 366. The number of ether oxygens (including phenoxy) is 1. The van der Waals surface area contributed by atoms with E-state index in [9.17, 15) is 10.1 Å². The monoisotopic (exact) mass is 210 g/mol. The first kappa shape index (κ1) is 11.5. The lowest BCUT2D eigenvalue weighted by Crippen LogP contribution is -2.10. The smallest absolute Gasteiger partial charge is 0.269 e. The minimum atomic E-state index is -0.424. The molecular formula is C10H14N2O3. The maximum Gasteiger partial charge on any atom is 0.269 e. The van der Waals surface area contributed by atoms with E-state index >= 15 is 0 Å². The van der Waals surface area contributed by atoms with Crippen molar-refractivity contribution in [2.45, 2.75) is 12.8 Å². The first-order valence-corrected chi connectivity index (χ1v) is 4.62. The van der Waals surface area contributed by atoms with Crippen molar-refractivity contribution in [3.05, 3.63) is 33.9 Å². The lowest BCUT2D eigenvalue weighted by atomic mass is 10.00. The molecule has 5 heteroatoms. The van der Waals surface area contributed by atoms with Crippen molar-refractivity contribution in [3.8, 4) is 5.75 Å². The second-order valence-corrected chi connectivity index (χ2v) is 3.32. The van der Waals surface area contributed by atoms with Gasteiger partial charge in [0.2, 0.25) is 0 Å². The van der Waals surface area contributed by atoms with E-state index in [1.165, 1.54) is 19.2 Å². The van der Waals surface area contributed by atoms with Crippen LogP contribution in [0.15, 0.2) is 18.2 Å². The molecule has 0 amide bonds. The molecule has 0 aliphatic rings. The number of methoxy groups -OCH3 is 1. The summed E-state index contributed by atoms with van der Waals surface area (Å²) in [6.07, 6.45) is 0. The molecule has 15 heavy (non-hydrogen) atoms. The van der Waals surface area contributed by atoms with Crippen LogP contribution in [0.25, 0.3) is 0 Å². The van der Waals surface area contributed by atoms with Crippen molar-refractivity contribution in [1.82, 2.24) is 0 Å². The van der Waals surface area contributed by atoms with Crippen molar-refractivity contribution < 1.29 is 9.66 Å². The average molecular weight is 210 g/mol. The van der Waals surface area contributed by atoms with Crippen molar-refractivity contribution in [2.24, 2.45) is 5.73 Å². The molecule has 0 heterocycles. The molecule has 5 nitrogen and oxygen atoms in total. The van der Waals surface area contributed by atoms with Crippen molar-refractivity contribution in [2.75, 3.05) is 13.7 Å². The van der Waals surface area contributed by atoms with E-state index in [1.54, 1.807) is 6.07 Å². The van der Waals surface area contributed by atoms with Gasteiger partial charge in [0.25, 0.3) is 5.69 Å². The SMILES string of the molecule is COc1ccc([N+](=O)[O-])cc1C(C)CN. The lowest BCUT2D eigenvalue weighted by Gasteiger charge is -2.13. The molecule has 0 saturated carbocycles. The van der Waals surface area contributed by atoms with Crippen LogP contribution in [-0.2, 0) is 0 Å². The molecule has 2 N–H and O–H groups in total. The van der Waals surface area contributed by atoms with E-state index in [0.29, 0.717) is 12.3 Å². The van der Waals surface area contributed by atoms with Gasteiger partial charge in [-0.05, 0) is 18.5 Å². The zero-order valence-corrected chi connectivity index (χ0v) is 8.77. The Balaban J connectivity index is 3.18. The van der Waals surface area contributed by atoms with Gasteiger partial charge in [-0.1, -0.05) is 6.92 Å². The summed E-state index contributed by atoms with van der Waals surface area (Å²) in [6, 6.07) is 4.53. The maximum absolute atomic E-state index is 10.6. The summed E-state index contributed by atoms with van der Waals surface area (Å²) in [4.78, 5) is 10.2. The van der Waals surface area contributed by atoms with Crippen LogP contribution in [0.5, 0.6) is 5.75 Å². The molecule has 1 atom stereocenters. The van der Waals surface area contributed by atoms with Gasteiger partial charge in [0.05, 0.1) is 12.0 Å². The molecule has 0 bridgehead atoms. The summed E-state index contributed by atoms with van der Waals surface area (Å²) in [5.41, 5.74) is 6.36. The largest absolute Gasteiger partial charge is 0.496 e. The number of nitrogens with two attached hydrogens (primary N) is 1. The Labute approximate surface area is 88.0 Å². The van der Waals surface area contributed by atoms with Crippen LogP contribution in [0.1, 0.15) is 18.4 Å². The van der Waals surface area contributed by atoms with E-state index in [1.807, 2.05) is 6.92 Å². The topological polar surface area (TPSA) is 78.4 Å². The fourth-order valence-corrected chi connectivity index (χ4v) is 1.35. The Morgan fingerprint density at radius 1 is 1.60 bits per heavy atom. The zero-order chi connectivity index (χ0) is 11.4. The zero-order valence-electron chi connectivity index (χ0n) is 8.77. The first-order chi connectivity index (χ1) is 7.10. The Morgan fingerprint density at radius 2 is 2.27 bits per heavy atom. The Morgan fingerprint density at radius 3 is 2.73 bits per heavy atom. The molecule has 1 rings (SSSR count). The molecule has 0 fully saturated rings. The van der Waals surface area contributed by atoms with E-state index in [0.717, 1.165) is 5.56 Å². The van der Waals surface area contributed by atoms with Crippen LogP contribution in [0, 0.1) is 10.1 Å². The van der Waals surface area contributed by atoms with Gasteiger partial charge in [-0.25, -0.2) is 0 Å². The number of nitrogens with zero attached hydrogens (tertiary/aromatic N) is 1. The second kappa shape index (κ2) is 4.75. The highest BCUT2D eigenvalue weighted by Gasteiger charge is 2.15. The highest BCUT2D eigenvalue weighted by molar-refractivity contribution is 5.45. The normalized spacial score (nSPS) is 12.2. The lowest BCUT2D eigenvalue weighted by molar-refractivity contribution is -0.384. The third-order valence-corrected chi connectivity index (χ3v) is 2.31. The highest BCUT2D eigenvalue weighted by atomic mass is 16.6. The predicted molar refractivity (Wildman–Crippen MR) is 57.1 cm³/mol. The summed E-state index contributed by atoms with van der Waals surface area (Å²) in [5.74, 6) is 0.679. The van der Waals surface area contributed by atoms with Crippen LogP contribution in [0.3, 0.4) is 0 Å². The Hall–Kier alpha value is -1.62. The molecule has 82 valence electrons. The van der Waals surface area contributed by atoms with Crippen LogP contribution in [-0.4, -0.2) is 18.6 Å². The van der Waals surface area contributed by atoms with E-state index in [-0.39, 0.29) is 11.6 Å². The number of hydrogen-bond acceptors (Lipinski definition) is 4. The number of benzene rings is 1. The number of nitro benzene ring substituents is 1. The van der Waals surface area contributed by atoms with Crippen LogP contribution >= 0.6 is 0 Å². The van der Waals surface area contributed by atoms with Crippen LogP contribution in [0.2, 0.25) is 0 Å². The summed E-state index contributed by atoms with van der Waals surface area (Å²) >= 11 is 0. The van der Waals surface area contributed by atoms with Crippen molar-refractivity contribution in [1.29, 1.82) is 0 Å². The van der Waals surface area contributed by atoms with E-state index in [2.05, 4.69) is 0 Å². The third-order valence-electron chi connectivity index (χ3n) is 2.31. The summed E-state index contributed by atoms with van der Waals surface area (Å²) < 4.78 is 5.12. The molecule has 0 saturated heterocycles. The van der Waals surface area contributed by atoms with E-state index in [4.69, 9.17) is 10.5 Å². The van der Waals surface area contributed by atoms with E-state index < -0.39 is 4.92 Å². The fourth-order valence-electron chi connectivity index (χ4n) is 1.35. The van der Waals surface area contributed by atoms with Gasteiger partial charge in [0, 0.05) is 17.7 Å². The van der Waals surface area contributed by atoms with Crippen LogP contribution < -0.4 is 10.5 Å². The number of hydrogen-bond donors (Lipinski definition) is 1. The number of non-ortho nitro benzene ring substituents is 1.